The van der Waals surface area contributed by atoms with Gasteiger partial charge in [-0.1, -0.05) is 17.4 Å². The van der Waals surface area contributed by atoms with Crippen LogP contribution in [0.1, 0.15) is 32.6 Å². The molecule has 0 saturated heterocycles. The highest BCUT2D eigenvalue weighted by Gasteiger charge is 2.14. The minimum atomic E-state index is -0.218. The van der Waals surface area contributed by atoms with Gasteiger partial charge in [0.2, 0.25) is 0 Å². The lowest BCUT2D eigenvalue weighted by molar-refractivity contribution is 0.101. The van der Waals surface area contributed by atoms with Crippen molar-refractivity contribution in [1.29, 1.82) is 0 Å². The molecule has 104 valence electrons. The number of ketones is 1. The zero-order chi connectivity index (χ0) is 14.7. The number of nitrogens with one attached hydrogen (secondary N) is 1. The Morgan fingerprint density at radius 1 is 1.35 bits per heavy atom. The quantitative estimate of drug-likeness (QED) is 0.692. The number of Topliss-reactive ketones (excluding diaryl/α,β-unsaturated/α-hetero) is 1. The summed E-state index contributed by atoms with van der Waals surface area (Å²) in [5.41, 5.74) is 1.23. The van der Waals surface area contributed by atoms with Crippen molar-refractivity contribution in [2.45, 2.75) is 18.7 Å². The first-order valence-electron chi connectivity index (χ1n) is 5.95. The van der Waals surface area contributed by atoms with Gasteiger partial charge in [-0.15, -0.1) is 11.8 Å². The van der Waals surface area contributed by atoms with Crippen LogP contribution in [0.4, 0.5) is 5.13 Å². The molecule has 0 saturated carbocycles. The molecule has 0 bridgehead atoms. The molecule has 0 radical (unpaired) electrons. The van der Waals surface area contributed by atoms with Crippen LogP contribution in [0.5, 0.6) is 0 Å². The molecule has 0 unspecified atom stereocenters. The van der Waals surface area contributed by atoms with Crippen molar-refractivity contribution in [2.75, 3.05) is 11.6 Å². The molecule has 0 fully saturated rings. The zero-order valence-electron chi connectivity index (χ0n) is 11.4. The molecule has 0 aliphatic carbocycles. The van der Waals surface area contributed by atoms with Crippen LogP contribution < -0.4 is 5.32 Å². The fourth-order valence-electron chi connectivity index (χ4n) is 1.71. The molecule has 1 N–H and O–H groups in total. The SMILES string of the molecule is CSc1cccc(C(=O)Nc2nc(C)c(C(C)=O)s2)c1. The normalized spacial score (nSPS) is 10.3. The van der Waals surface area contributed by atoms with Gasteiger partial charge in [-0.2, -0.15) is 0 Å². The molecule has 2 rings (SSSR count). The number of benzene rings is 1. The summed E-state index contributed by atoms with van der Waals surface area (Å²) in [6.45, 7) is 3.26. The van der Waals surface area contributed by atoms with Crippen molar-refractivity contribution in [2.24, 2.45) is 0 Å². The number of anilines is 1. The van der Waals surface area contributed by atoms with Crippen LogP contribution in [0.15, 0.2) is 29.2 Å². The third-order valence-corrected chi connectivity index (χ3v) is 4.57. The van der Waals surface area contributed by atoms with Crippen LogP contribution in [-0.2, 0) is 0 Å². The van der Waals surface area contributed by atoms with E-state index in [1.54, 1.807) is 24.8 Å². The number of nitrogens with zero attached hydrogens (tertiary/aromatic N) is 1. The molecule has 1 amide bonds. The second-order valence-corrected chi connectivity index (χ2v) is 6.05. The number of amides is 1. The Morgan fingerprint density at radius 3 is 2.70 bits per heavy atom. The van der Waals surface area contributed by atoms with Crippen molar-refractivity contribution < 1.29 is 9.59 Å². The minimum absolute atomic E-state index is 0.0371. The number of hydrogen-bond donors (Lipinski definition) is 1. The van der Waals surface area contributed by atoms with Crippen LogP contribution in [0.3, 0.4) is 0 Å². The molecule has 0 atom stereocenters. The Labute approximate surface area is 125 Å². The van der Waals surface area contributed by atoms with Gasteiger partial charge in [0.05, 0.1) is 10.6 Å². The second kappa shape index (κ2) is 6.19. The van der Waals surface area contributed by atoms with E-state index in [1.165, 1.54) is 18.3 Å². The fourth-order valence-corrected chi connectivity index (χ4v) is 3.03. The third-order valence-electron chi connectivity index (χ3n) is 2.67. The van der Waals surface area contributed by atoms with Crippen LogP contribution in [0.2, 0.25) is 0 Å². The number of carbonyl (C=O) groups excluding carboxylic acids is 2. The molecule has 1 heterocycles. The molecule has 4 nitrogen and oxygen atoms in total. The van der Waals surface area contributed by atoms with E-state index in [4.69, 9.17) is 0 Å². The largest absolute Gasteiger partial charge is 0.298 e. The highest BCUT2D eigenvalue weighted by Crippen LogP contribution is 2.24. The Balaban J connectivity index is 2.19. The molecule has 2 aromatic rings. The molecule has 1 aromatic carbocycles. The van der Waals surface area contributed by atoms with Gasteiger partial charge in [-0.25, -0.2) is 4.98 Å². The van der Waals surface area contributed by atoms with E-state index in [9.17, 15) is 9.59 Å². The van der Waals surface area contributed by atoms with E-state index in [0.717, 1.165) is 4.90 Å². The highest BCUT2D eigenvalue weighted by molar-refractivity contribution is 7.98. The maximum absolute atomic E-state index is 12.1. The summed E-state index contributed by atoms with van der Waals surface area (Å²) < 4.78 is 0. The first-order chi connectivity index (χ1) is 9.51. The summed E-state index contributed by atoms with van der Waals surface area (Å²) in [7, 11) is 0. The molecule has 0 aliphatic heterocycles. The molecule has 0 spiro atoms. The Morgan fingerprint density at radius 2 is 2.10 bits per heavy atom. The van der Waals surface area contributed by atoms with Crippen molar-refractivity contribution in [3.63, 3.8) is 0 Å². The lowest BCUT2D eigenvalue weighted by Crippen LogP contribution is -2.11. The molecule has 20 heavy (non-hydrogen) atoms. The van der Waals surface area contributed by atoms with Crippen molar-refractivity contribution in [3.05, 3.63) is 40.4 Å². The molecule has 6 heteroatoms. The van der Waals surface area contributed by atoms with E-state index >= 15 is 0 Å². The van der Waals surface area contributed by atoms with Gasteiger partial charge in [0.25, 0.3) is 5.91 Å². The van der Waals surface area contributed by atoms with Crippen LogP contribution >= 0.6 is 23.1 Å². The van der Waals surface area contributed by atoms with Crippen molar-refractivity contribution in [3.8, 4) is 0 Å². The first-order valence-corrected chi connectivity index (χ1v) is 7.99. The zero-order valence-corrected chi connectivity index (χ0v) is 13.0. The lowest BCUT2D eigenvalue weighted by atomic mass is 10.2. The predicted molar refractivity (Wildman–Crippen MR) is 83.0 cm³/mol. The molecular formula is C14H14N2O2S2. The van der Waals surface area contributed by atoms with Gasteiger partial charge in [-0.3, -0.25) is 14.9 Å². The van der Waals surface area contributed by atoms with Crippen molar-refractivity contribution in [1.82, 2.24) is 4.98 Å². The maximum Gasteiger partial charge on any atom is 0.257 e. The van der Waals surface area contributed by atoms with E-state index in [0.29, 0.717) is 21.3 Å². The van der Waals surface area contributed by atoms with Gasteiger partial charge in [-0.05, 0) is 31.4 Å². The lowest BCUT2D eigenvalue weighted by Gasteiger charge is -2.03. The summed E-state index contributed by atoms with van der Waals surface area (Å²) in [6, 6.07) is 7.37. The van der Waals surface area contributed by atoms with Crippen molar-refractivity contribution >= 4 is 39.9 Å². The number of rotatable bonds is 4. The number of aromatic nitrogens is 1. The molecule has 0 aliphatic rings. The minimum Gasteiger partial charge on any atom is -0.298 e. The summed E-state index contributed by atoms with van der Waals surface area (Å²) in [5.74, 6) is -0.255. The average molecular weight is 306 g/mol. The first kappa shape index (κ1) is 14.7. The average Bonchev–Trinajstić information content (AvgIpc) is 2.79. The van der Waals surface area contributed by atoms with E-state index < -0.39 is 0 Å². The monoisotopic (exact) mass is 306 g/mol. The van der Waals surface area contributed by atoms with Gasteiger partial charge in [0, 0.05) is 17.4 Å². The molecule has 1 aromatic heterocycles. The van der Waals surface area contributed by atoms with Crippen LogP contribution in [0, 0.1) is 6.92 Å². The van der Waals surface area contributed by atoms with Crippen LogP contribution in [0.25, 0.3) is 0 Å². The Kier molecular flexibility index (Phi) is 4.57. The highest BCUT2D eigenvalue weighted by atomic mass is 32.2. The van der Waals surface area contributed by atoms with Gasteiger partial charge < -0.3 is 0 Å². The van der Waals surface area contributed by atoms with Crippen LogP contribution in [-0.4, -0.2) is 22.9 Å². The fraction of sp³-hybridized carbons (Fsp3) is 0.214. The number of aryl methyl sites for hydroxylation is 1. The topological polar surface area (TPSA) is 59.1 Å². The van der Waals surface area contributed by atoms with Gasteiger partial charge in [0.15, 0.2) is 10.9 Å². The van der Waals surface area contributed by atoms with E-state index in [1.807, 2.05) is 24.5 Å². The predicted octanol–water partition coefficient (Wildman–Crippen LogP) is 3.63. The maximum atomic E-state index is 12.1. The Bertz CT molecular complexity index is 665. The van der Waals surface area contributed by atoms with E-state index in [2.05, 4.69) is 10.3 Å². The summed E-state index contributed by atoms with van der Waals surface area (Å²) in [4.78, 5) is 29.3. The summed E-state index contributed by atoms with van der Waals surface area (Å²) >= 11 is 2.78. The van der Waals surface area contributed by atoms with E-state index in [-0.39, 0.29) is 11.7 Å². The number of hydrogen-bond acceptors (Lipinski definition) is 5. The van der Waals surface area contributed by atoms with Gasteiger partial charge >= 0.3 is 0 Å². The number of thiazole rings is 1. The number of carbonyl (C=O) groups is 2. The summed E-state index contributed by atoms with van der Waals surface area (Å²) in [5, 5.41) is 3.18. The number of thioether (sulfide) groups is 1. The third kappa shape index (κ3) is 3.26. The smallest absolute Gasteiger partial charge is 0.257 e. The summed E-state index contributed by atoms with van der Waals surface area (Å²) in [6.07, 6.45) is 1.96. The second-order valence-electron chi connectivity index (χ2n) is 4.18. The van der Waals surface area contributed by atoms with Gasteiger partial charge in [0.1, 0.15) is 0 Å². The Hall–Kier alpha value is -1.66. The molecular weight excluding hydrogens is 292 g/mol. The standard InChI is InChI=1S/C14H14N2O2S2/c1-8-12(9(2)17)20-14(15-8)16-13(18)10-5-4-6-11(7-10)19-3/h4-7H,1-3H3,(H,15,16,18).